The summed E-state index contributed by atoms with van der Waals surface area (Å²) < 4.78 is 15.7. The third kappa shape index (κ3) is 3.45. The average Bonchev–Trinajstić information content (AvgIpc) is 2.84. The number of aryl methyl sites for hydroxylation is 3. The summed E-state index contributed by atoms with van der Waals surface area (Å²) in [5.74, 6) is 0.939. The van der Waals surface area contributed by atoms with E-state index in [9.17, 15) is 4.39 Å². The number of imidazole rings is 1. The molecule has 1 N–H and O–H groups in total. The Bertz CT molecular complexity index is 552. The third-order valence-corrected chi connectivity index (χ3v) is 3.37. The number of hydrogen-bond acceptors (Lipinski definition) is 2. The van der Waals surface area contributed by atoms with Gasteiger partial charge >= 0.3 is 0 Å². The van der Waals surface area contributed by atoms with Gasteiger partial charge in [0.1, 0.15) is 11.6 Å². The quantitative estimate of drug-likeness (QED) is 0.876. The zero-order valence-electron chi connectivity index (χ0n) is 12.4. The molecule has 0 aliphatic rings. The van der Waals surface area contributed by atoms with E-state index in [0.29, 0.717) is 11.1 Å². The van der Waals surface area contributed by atoms with E-state index in [1.807, 2.05) is 24.5 Å². The first-order chi connectivity index (χ1) is 9.61. The van der Waals surface area contributed by atoms with Crippen LogP contribution in [0, 0.1) is 19.7 Å². The number of rotatable bonds is 6. The van der Waals surface area contributed by atoms with Crippen LogP contribution in [0.5, 0.6) is 0 Å². The van der Waals surface area contributed by atoms with Gasteiger partial charge in [-0.3, -0.25) is 0 Å². The molecule has 1 heterocycles. The van der Waals surface area contributed by atoms with Gasteiger partial charge in [-0.15, -0.1) is 0 Å². The van der Waals surface area contributed by atoms with Crippen LogP contribution in [0.4, 0.5) is 4.39 Å². The molecule has 0 unspecified atom stereocenters. The lowest BCUT2D eigenvalue weighted by Crippen LogP contribution is -2.17. The van der Waals surface area contributed by atoms with Gasteiger partial charge in [0.2, 0.25) is 0 Å². The number of benzene rings is 1. The highest BCUT2D eigenvalue weighted by Gasteiger charge is 2.05. The van der Waals surface area contributed by atoms with E-state index in [4.69, 9.17) is 0 Å². The molecule has 1 aromatic heterocycles. The molecule has 0 spiro atoms. The summed E-state index contributed by atoms with van der Waals surface area (Å²) in [4.78, 5) is 4.36. The summed E-state index contributed by atoms with van der Waals surface area (Å²) in [6.45, 7) is 8.20. The van der Waals surface area contributed by atoms with Gasteiger partial charge < -0.3 is 9.88 Å². The van der Waals surface area contributed by atoms with Crippen molar-refractivity contribution in [1.29, 1.82) is 0 Å². The number of nitrogens with one attached hydrogen (secondary N) is 1. The first kappa shape index (κ1) is 14.7. The normalized spacial score (nSPS) is 11.0. The first-order valence-electron chi connectivity index (χ1n) is 7.08. The largest absolute Gasteiger partial charge is 0.334 e. The molecule has 1 aromatic carbocycles. The molecule has 0 aliphatic heterocycles. The molecule has 0 bridgehead atoms. The molecule has 3 nitrogen and oxygen atoms in total. The van der Waals surface area contributed by atoms with Crippen LogP contribution in [0.1, 0.15) is 35.9 Å². The summed E-state index contributed by atoms with van der Waals surface area (Å²) in [6, 6.07) is 3.79. The summed E-state index contributed by atoms with van der Waals surface area (Å²) in [5.41, 5.74) is 2.51. The lowest BCUT2D eigenvalue weighted by atomic mass is 10.1. The van der Waals surface area contributed by atoms with E-state index >= 15 is 0 Å². The van der Waals surface area contributed by atoms with Crippen LogP contribution in [0.2, 0.25) is 0 Å². The number of hydrogen-bond donors (Lipinski definition) is 1. The van der Waals surface area contributed by atoms with Crippen molar-refractivity contribution in [2.45, 2.75) is 46.8 Å². The minimum atomic E-state index is -0.104. The Balaban J connectivity index is 1.94. The molecule has 0 amide bonds. The molecule has 0 aliphatic carbocycles. The molecule has 0 fully saturated rings. The molecule has 2 aromatic rings. The van der Waals surface area contributed by atoms with E-state index < -0.39 is 0 Å². The van der Waals surface area contributed by atoms with Crippen molar-refractivity contribution in [3.63, 3.8) is 0 Å². The summed E-state index contributed by atoms with van der Waals surface area (Å²) in [6.07, 6.45) is 4.94. The zero-order valence-corrected chi connectivity index (χ0v) is 12.4. The van der Waals surface area contributed by atoms with Crippen molar-refractivity contribution in [2.75, 3.05) is 0 Å². The molecule has 0 atom stereocenters. The Hall–Kier alpha value is -1.68. The molecule has 0 saturated carbocycles. The summed E-state index contributed by atoms with van der Waals surface area (Å²) in [5, 5.41) is 3.37. The Kier molecular flexibility index (Phi) is 4.90. The molecular weight excluding hydrogens is 253 g/mol. The van der Waals surface area contributed by atoms with Gasteiger partial charge in [-0.1, -0.05) is 19.1 Å². The van der Waals surface area contributed by atoms with E-state index in [2.05, 4.69) is 21.8 Å². The van der Waals surface area contributed by atoms with Crippen LogP contribution in [0.25, 0.3) is 0 Å². The maximum Gasteiger partial charge on any atom is 0.129 e. The Morgan fingerprint density at radius 3 is 2.55 bits per heavy atom. The lowest BCUT2D eigenvalue weighted by Gasteiger charge is -2.10. The second-order valence-corrected chi connectivity index (χ2v) is 5.18. The topological polar surface area (TPSA) is 29.9 Å². The Morgan fingerprint density at radius 1 is 1.20 bits per heavy atom. The molecule has 0 saturated heterocycles. The first-order valence-corrected chi connectivity index (χ1v) is 7.08. The van der Waals surface area contributed by atoms with E-state index in [1.54, 1.807) is 13.8 Å². The second-order valence-electron chi connectivity index (χ2n) is 5.18. The van der Waals surface area contributed by atoms with Crippen molar-refractivity contribution in [2.24, 2.45) is 0 Å². The molecule has 4 heteroatoms. The van der Waals surface area contributed by atoms with Crippen LogP contribution in [-0.2, 0) is 19.6 Å². The molecule has 0 radical (unpaired) electrons. The van der Waals surface area contributed by atoms with Crippen LogP contribution in [0.3, 0.4) is 0 Å². The molecule has 20 heavy (non-hydrogen) atoms. The third-order valence-electron chi connectivity index (χ3n) is 3.37. The minimum absolute atomic E-state index is 0.104. The SMILES string of the molecule is CCCn1ccnc1CNCc1cc(C)c(F)c(C)c1. The standard InChI is InChI=1S/C16H22FN3/c1-4-6-20-7-5-19-15(20)11-18-10-14-8-12(2)16(17)13(3)9-14/h5,7-9,18H,4,6,10-11H2,1-3H3. The highest BCUT2D eigenvalue weighted by atomic mass is 19.1. The smallest absolute Gasteiger partial charge is 0.129 e. The average molecular weight is 275 g/mol. The highest BCUT2D eigenvalue weighted by molar-refractivity contribution is 5.30. The molecule has 108 valence electrons. The number of halogens is 1. The van der Waals surface area contributed by atoms with Crippen molar-refractivity contribution in [1.82, 2.24) is 14.9 Å². The van der Waals surface area contributed by atoms with E-state index in [-0.39, 0.29) is 5.82 Å². The maximum absolute atomic E-state index is 13.6. The van der Waals surface area contributed by atoms with Crippen LogP contribution < -0.4 is 5.32 Å². The maximum atomic E-state index is 13.6. The predicted octanol–water partition coefficient (Wildman–Crippen LogP) is 3.34. The molecule has 2 rings (SSSR count). The predicted molar refractivity (Wildman–Crippen MR) is 78.9 cm³/mol. The van der Waals surface area contributed by atoms with Crippen LogP contribution in [-0.4, -0.2) is 9.55 Å². The summed E-state index contributed by atoms with van der Waals surface area (Å²) in [7, 11) is 0. The van der Waals surface area contributed by atoms with Gasteiger partial charge in [0.15, 0.2) is 0 Å². The van der Waals surface area contributed by atoms with Gasteiger partial charge in [-0.05, 0) is 37.0 Å². The van der Waals surface area contributed by atoms with Crippen molar-refractivity contribution >= 4 is 0 Å². The number of nitrogens with zero attached hydrogens (tertiary/aromatic N) is 2. The molecular formula is C16H22FN3. The fraction of sp³-hybridized carbons (Fsp3) is 0.438. The van der Waals surface area contributed by atoms with Crippen LogP contribution >= 0.6 is 0 Å². The second kappa shape index (κ2) is 6.66. The monoisotopic (exact) mass is 275 g/mol. The van der Waals surface area contributed by atoms with Crippen LogP contribution in [0.15, 0.2) is 24.5 Å². The van der Waals surface area contributed by atoms with E-state index in [1.165, 1.54) is 0 Å². The fourth-order valence-electron chi connectivity index (χ4n) is 2.41. The van der Waals surface area contributed by atoms with Gasteiger partial charge in [0, 0.05) is 25.5 Å². The van der Waals surface area contributed by atoms with Gasteiger partial charge in [-0.25, -0.2) is 9.37 Å². The van der Waals surface area contributed by atoms with Crippen molar-refractivity contribution in [3.8, 4) is 0 Å². The van der Waals surface area contributed by atoms with Gasteiger partial charge in [0.25, 0.3) is 0 Å². The zero-order chi connectivity index (χ0) is 14.5. The lowest BCUT2D eigenvalue weighted by molar-refractivity contribution is 0.585. The van der Waals surface area contributed by atoms with Gasteiger partial charge in [-0.2, -0.15) is 0 Å². The fourth-order valence-corrected chi connectivity index (χ4v) is 2.41. The summed E-state index contributed by atoms with van der Waals surface area (Å²) >= 11 is 0. The minimum Gasteiger partial charge on any atom is -0.334 e. The van der Waals surface area contributed by atoms with E-state index in [0.717, 1.165) is 37.4 Å². The Morgan fingerprint density at radius 2 is 1.90 bits per heavy atom. The Labute approximate surface area is 119 Å². The van der Waals surface area contributed by atoms with Crippen molar-refractivity contribution in [3.05, 3.63) is 52.9 Å². The van der Waals surface area contributed by atoms with Gasteiger partial charge in [0.05, 0.1) is 6.54 Å². The highest BCUT2D eigenvalue weighted by Crippen LogP contribution is 2.14. The number of aromatic nitrogens is 2. The van der Waals surface area contributed by atoms with Crippen molar-refractivity contribution < 1.29 is 4.39 Å².